The molecule has 0 spiro atoms. The molecule has 6 nitrogen and oxygen atoms in total. The zero-order valence-electron chi connectivity index (χ0n) is 21.1. The summed E-state index contributed by atoms with van der Waals surface area (Å²) in [6.45, 7) is 4.22. The minimum atomic E-state index is -0.469. The minimum absolute atomic E-state index is 0.333. The van der Waals surface area contributed by atoms with E-state index in [4.69, 9.17) is 14.5 Å². The number of H-pyrrole nitrogens is 2. The number of carbonyl (C=O) groups excluding carboxylic acids is 1. The van der Waals surface area contributed by atoms with Crippen LogP contribution in [-0.2, 0) is 20.7 Å². The van der Waals surface area contributed by atoms with Crippen LogP contribution in [0.15, 0.2) is 46.3 Å². The number of aromatic nitrogens is 2. The molecule has 0 saturated heterocycles. The molecular weight excluding hydrogens is 426 g/mol. The molecule has 2 N–H and O–H groups in total. The van der Waals surface area contributed by atoms with Gasteiger partial charge >= 0.3 is 5.97 Å². The molecule has 0 radical (unpaired) electrons. The lowest BCUT2D eigenvalue weighted by molar-refractivity contribution is -0.135. The highest BCUT2D eigenvalue weighted by Crippen LogP contribution is 2.31. The fourth-order valence-electron chi connectivity index (χ4n) is 4.36. The number of carbonyl (C=O) groups is 1. The van der Waals surface area contributed by atoms with Gasteiger partial charge in [-0.15, -0.1) is 0 Å². The van der Waals surface area contributed by atoms with Crippen molar-refractivity contribution in [1.29, 1.82) is 0 Å². The van der Waals surface area contributed by atoms with Crippen molar-refractivity contribution in [2.45, 2.75) is 78.1 Å². The number of aryl methyl sites for hydroxylation is 2. The van der Waals surface area contributed by atoms with Crippen molar-refractivity contribution in [1.82, 2.24) is 9.97 Å². The van der Waals surface area contributed by atoms with Gasteiger partial charge in [-0.3, -0.25) is 0 Å². The van der Waals surface area contributed by atoms with Gasteiger partial charge in [-0.25, -0.2) is 9.79 Å². The van der Waals surface area contributed by atoms with E-state index < -0.39 is 5.97 Å². The topological polar surface area (TPSA) is 79.5 Å². The molecule has 0 atom stereocenters. The van der Waals surface area contributed by atoms with E-state index in [1.807, 2.05) is 31.2 Å². The molecule has 2 aromatic heterocycles. The van der Waals surface area contributed by atoms with E-state index >= 15 is 0 Å². The summed E-state index contributed by atoms with van der Waals surface area (Å²) in [5, 5.41) is 0. The van der Waals surface area contributed by atoms with Gasteiger partial charge in [-0.1, -0.05) is 58.3 Å². The molecule has 1 aliphatic heterocycles. The maximum atomic E-state index is 12.5. The minimum Gasteiger partial charge on any atom is -0.493 e. The number of nitrogens with one attached hydrogen (secondary N) is 2. The maximum Gasteiger partial charge on any atom is 0.344 e. The molecule has 0 aromatic carbocycles. The molecule has 1 aliphatic rings. The van der Waals surface area contributed by atoms with Crippen LogP contribution in [0.2, 0.25) is 0 Å². The first kappa shape index (κ1) is 25.6. The molecule has 0 fully saturated rings. The number of esters is 1. The molecule has 0 unspecified atom stereocenters. The quantitative estimate of drug-likeness (QED) is 0.242. The van der Waals surface area contributed by atoms with Gasteiger partial charge in [-0.2, -0.15) is 0 Å². The highest BCUT2D eigenvalue weighted by Gasteiger charge is 2.32. The Morgan fingerprint density at radius 2 is 1.65 bits per heavy atom. The number of aliphatic imine (C=N–C) groups is 1. The average molecular weight is 466 g/mol. The molecule has 34 heavy (non-hydrogen) atoms. The monoisotopic (exact) mass is 465 g/mol. The van der Waals surface area contributed by atoms with E-state index in [9.17, 15) is 4.79 Å². The van der Waals surface area contributed by atoms with E-state index in [0.29, 0.717) is 22.7 Å². The molecule has 184 valence electrons. The van der Waals surface area contributed by atoms with Crippen LogP contribution >= 0.6 is 0 Å². The number of hydrogen-bond donors (Lipinski definition) is 2. The van der Waals surface area contributed by atoms with Gasteiger partial charge in [0.25, 0.3) is 0 Å². The van der Waals surface area contributed by atoms with Crippen molar-refractivity contribution in [2.75, 3.05) is 14.2 Å². The van der Waals surface area contributed by atoms with Crippen LogP contribution in [0.4, 0.5) is 0 Å². The number of rotatable bonds is 14. The van der Waals surface area contributed by atoms with Crippen LogP contribution in [0.25, 0.3) is 6.08 Å². The third-order valence-electron chi connectivity index (χ3n) is 6.22. The molecule has 0 bridgehead atoms. The molecular formula is C28H39N3O3. The SMILES string of the molecule is CCCCCCCCCCCc1ccc(/C=C2\N=C(c3ccc(C)[nH]3)C(C(=O)OC)=C2OC)[nH]1. The van der Waals surface area contributed by atoms with Gasteiger partial charge in [0, 0.05) is 17.1 Å². The Bertz CT molecular complexity index is 1040. The normalized spacial score (nSPS) is 14.7. The first-order chi connectivity index (χ1) is 16.6. The summed E-state index contributed by atoms with van der Waals surface area (Å²) in [5.41, 5.74) is 5.36. The Balaban J connectivity index is 1.63. The predicted octanol–water partition coefficient (Wildman–Crippen LogP) is 6.64. The van der Waals surface area contributed by atoms with E-state index in [2.05, 4.69) is 23.0 Å². The molecule has 3 rings (SSSR count). The van der Waals surface area contributed by atoms with E-state index in [-0.39, 0.29) is 0 Å². The second-order valence-corrected chi connectivity index (χ2v) is 8.96. The standard InChI is InChI=1S/C28H39N3O3/c1-5-6-7-8-9-10-11-12-13-14-21-16-17-22(30-21)19-24-27(33-3)25(28(32)34-4)26(31-24)23-18-15-20(2)29-23/h15-19,29-30H,5-14H2,1-4H3/b24-19-. The van der Waals surface area contributed by atoms with Crippen molar-refractivity contribution < 1.29 is 14.3 Å². The predicted molar refractivity (Wildman–Crippen MR) is 138 cm³/mol. The average Bonchev–Trinajstić information content (AvgIpc) is 3.56. The second kappa shape index (κ2) is 13.0. The maximum absolute atomic E-state index is 12.5. The zero-order valence-corrected chi connectivity index (χ0v) is 21.1. The van der Waals surface area contributed by atoms with Crippen LogP contribution in [0.3, 0.4) is 0 Å². The van der Waals surface area contributed by atoms with Crippen LogP contribution in [0.5, 0.6) is 0 Å². The van der Waals surface area contributed by atoms with Gasteiger partial charge in [0.15, 0.2) is 5.76 Å². The van der Waals surface area contributed by atoms with Gasteiger partial charge in [0.1, 0.15) is 17.0 Å². The second-order valence-electron chi connectivity index (χ2n) is 8.96. The molecule has 0 saturated carbocycles. The van der Waals surface area contributed by atoms with Gasteiger partial charge in [-0.05, 0) is 50.1 Å². The van der Waals surface area contributed by atoms with Crippen molar-refractivity contribution >= 4 is 17.8 Å². The van der Waals surface area contributed by atoms with Crippen molar-refractivity contribution in [3.8, 4) is 0 Å². The lowest BCUT2D eigenvalue weighted by Crippen LogP contribution is -2.15. The summed E-state index contributed by atoms with van der Waals surface area (Å²) >= 11 is 0. The van der Waals surface area contributed by atoms with Gasteiger partial charge in [0.05, 0.1) is 19.9 Å². The van der Waals surface area contributed by atoms with Crippen molar-refractivity contribution in [3.05, 3.63) is 64.1 Å². The van der Waals surface area contributed by atoms with E-state index in [1.165, 1.54) is 70.6 Å². The fourth-order valence-corrected chi connectivity index (χ4v) is 4.36. The van der Waals surface area contributed by atoms with Crippen molar-refractivity contribution in [3.63, 3.8) is 0 Å². The van der Waals surface area contributed by atoms with E-state index in [0.717, 1.165) is 23.5 Å². The Morgan fingerprint density at radius 1 is 0.941 bits per heavy atom. The van der Waals surface area contributed by atoms with Gasteiger partial charge in [0.2, 0.25) is 0 Å². The summed E-state index contributed by atoms with van der Waals surface area (Å²) in [6, 6.07) is 8.03. The van der Waals surface area contributed by atoms with Crippen LogP contribution < -0.4 is 0 Å². The van der Waals surface area contributed by atoms with Crippen LogP contribution in [0.1, 0.15) is 87.5 Å². The Kier molecular flexibility index (Phi) is 9.80. The number of nitrogens with zero attached hydrogens (tertiary/aromatic N) is 1. The summed E-state index contributed by atoms with van der Waals surface area (Å²) in [5.74, 6) is -0.0482. The van der Waals surface area contributed by atoms with Crippen molar-refractivity contribution in [2.24, 2.45) is 4.99 Å². The third-order valence-corrected chi connectivity index (χ3v) is 6.22. The molecule has 3 heterocycles. The smallest absolute Gasteiger partial charge is 0.344 e. The summed E-state index contributed by atoms with van der Waals surface area (Å²) in [4.78, 5) is 24.0. The Morgan fingerprint density at radius 3 is 2.26 bits per heavy atom. The Hall–Kier alpha value is -3.02. The number of ether oxygens (including phenoxy) is 2. The lowest BCUT2D eigenvalue weighted by Gasteiger charge is -2.06. The van der Waals surface area contributed by atoms with E-state index in [1.54, 1.807) is 7.11 Å². The fraction of sp³-hybridized carbons (Fsp3) is 0.500. The summed E-state index contributed by atoms with van der Waals surface area (Å²) < 4.78 is 10.6. The number of aromatic amines is 2. The molecule has 2 aromatic rings. The summed E-state index contributed by atoms with van der Waals surface area (Å²) in [6.07, 6.45) is 14.9. The van der Waals surface area contributed by atoms with Gasteiger partial charge < -0.3 is 19.4 Å². The third kappa shape index (κ3) is 6.75. The number of methoxy groups -OCH3 is 2. The first-order valence-electron chi connectivity index (χ1n) is 12.6. The molecule has 0 amide bonds. The van der Waals surface area contributed by atoms with Crippen LogP contribution in [-0.4, -0.2) is 35.9 Å². The zero-order chi connectivity index (χ0) is 24.3. The highest BCUT2D eigenvalue weighted by atomic mass is 16.5. The highest BCUT2D eigenvalue weighted by molar-refractivity contribution is 6.28. The lowest BCUT2D eigenvalue weighted by atomic mass is 10.1. The molecule has 6 heteroatoms. The molecule has 0 aliphatic carbocycles. The summed E-state index contributed by atoms with van der Waals surface area (Å²) in [7, 11) is 2.92. The number of unbranched alkanes of at least 4 members (excludes halogenated alkanes) is 8. The Labute approximate surface area is 203 Å². The largest absolute Gasteiger partial charge is 0.493 e. The first-order valence-corrected chi connectivity index (χ1v) is 12.6. The number of hydrogen-bond acceptors (Lipinski definition) is 4. The van der Waals surface area contributed by atoms with Crippen LogP contribution in [0, 0.1) is 6.92 Å².